The monoisotopic (exact) mass is 275 g/mol. The fraction of sp³-hybridized carbons (Fsp3) is 0.533. The van der Waals surface area contributed by atoms with E-state index >= 15 is 0 Å². The lowest BCUT2D eigenvalue weighted by molar-refractivity contribution is 0.341. The molecule has 1 heterocycles. The summed E-state index contributed by atoms with van der Waals surface area (Å²) in [5.74, 6) is 1.46. The molecule has 1 fully saturated rings. The lowest BCUT2D eigenvalue weighted by atomic mass is 9.86. The third-order valence-corrected chi connectivity index (χ3v) is 4.10. The number of methoxy groups -OCH3 is 1. The van der Waals surface area contributed by atoms with Crippen LogP contribution >= 0.6 is 0 Å². The molecule has 3 N–H and O–H groups in total. The number of benzene rings is 1. The zero-order valence-corrected chi connectivity index (χ0v) is 11.8. The summed E-state index contributed by atoms with van der Waals surface area (Å²) >= 11 is 0. The van der Waals surface area contributed by atoms with E-state index in [-0.39, 0.29) is 0 Å². The SMILES string of the molecule is COc1ccc2nc(NC3CCC(CN)CC3)oc2c1. The summed E-state index contributed by atoms with van der Waals surface area (Å²) in [6.45, 7) is 0.801. The van der Waals surface area contributed by atoms with Crippen molar-refractivity contribution in [3.05, 3.63) is 18.2 Å². The highest BCUT2D eigenvalue weighted by molar-refractivity contribution is 5.76. The minimum atomic E-state index is 0.438. The van der Waals surface area contributed by atoms with Gasteiger partial charge in [-0.2, -0.15) is 4.98 Å². The van der Waals surface area contributed by atoms with Gasteiger partial charge in [0.15, 0.2) is 5.58 Å². The number of nitrogens with one attached hydrogen (secondary N) is 1. The van der Waals surface area contributed by atoms with Crippen LogP contribution in [-0.2, 0) is 0 Å². The van der Waals surface area contributed by atoms with Gasteiger partial charge in [0.2, 0.25) is 0 Å². The van der Waals surface area contributed by atoms with Crippen LogP contribution < -0.4 is 15.8 Å². The van der Waals surface area contributed by atoms with Gasteiger partial charge in [-0.1, -0.05) is 0 Å². The number of rotatable bonds is 4. The molecule has 1 aromatic carbocycles. The summed E-state index contributed by atoms with van der Waals surface area (Å²) in [4.78, 5) is 4.46. The van der Waals surface area contributed by atoms with Crippen LogP contribution in [0.25, 0.3) is 11.1 Å². The van der Waals surface area contributed by atoms with Crippen LogP contribution in [0.15, 0.2) is 22.6 Å². The third-order valence-electron chi connectivity index (χ3n) is 4.10. The number of hydrogen-bond donors (Lipinski definition) is 2. The molecule has 108 valence electrons. The van der Waals surface area contributed by atoms with Crippen molar-refractivity contribution in [1.82, 2.24) is 4.98 Å². The minimum Gasteiger partial charge on any atom is -0.497 e. The molecule has 0 spiro atoms. The molecule has 0 aliphatic heterocycles. The normalized spacial score (nSPS) is 22.9. The summed E-state index contributed by atoms with van der Waals surface area (Å²) in [5, 5.41) is 3.39. The van der Waals surface area contributed by atoms with Crippen LogP contribution in [0.1, 0.15) is 25.7 Å². The fourth-order valence-corrected chi connectivity index (χ4v) is 2.81. The third kappa shape index (κ3) is 2.72. The quantitative estimate of drug-likeness (QED) is 0.897. The number of nitrogens with zero attached hydrogens (tertiary/aromatic N) is 1. The van der Waals surface area contributed by atoms with Crippen LogP contribution in [0.4, 0.5) is 6.01 Å². The van der Waals surface area contributed by atoms with Gasteiger partial charge in [-0.15, -0.1) is 0 Å². The Morgan fingerprint density at radius 3 is 2.85 bits per heavy atom. The second-order valence-corrected chi connectivity index (χ2v) is 5.45. The molecular weight excluding hydrogens is 254 g/mol. The summed E-state index contributed by atoms with van der Waals surface area (Å²) < 4.78 is 10.9. The van der Waals surface area contributed by atoms with E-state index in [1.807, 2.05) is 18.2 Å². The maximum atomic E-state index is 5.74. The number of fused-ring (bicyclic) bond motifs is 1. The van der Waals surface area contributed by atoms with Crippen LogP contribution in [0.3, 0.4) is 0 Å². The van der Waals surface area contributed by atoms with Gasteiger partial charge >= 0.3 is 0 Å². The lowest BCUT2D eigenvalue weighted by Gasteiger charge is -2.27. The van der Waals surface area contributed by atoms with Crippen molar-refractivity contribution in [2.24, 2.45) is 11.7 Å². The van der Waals surface area contributed by atoms with Crippen molar-refractivity contribution < 1.29 is 9.15 Å². The van der Waals surface area contributed by atoms with E-state index < -0.39 is 0 Å². The molecule has 1 aliphatic carbocycles. The van der Waals surface area contributed by atoms with E-state index in [2.05, 4.69) is 10.3 Å². The van der Waals surface area contributed by atoms with Crippen molar-refractivity contribution in [2.75, 3.05) is 19.0 Å². The predicted octanol–water partition coefficient (Wildman–Crippen LogP) is 2.77. The van der Waals surface area contributed by atoms with Crippen molar-refractivity contribution in [2.45, 2.75) is 31.7 Å². The molecule has 0 unspecified atom stereocenters. The van der Waals surface area contributed by atoms with E-state index in [0.29, 0.717) is 18.0 Å². The summed E-state index contributed by atoms with van der Waals surface area (Å²) in [6.07, 6.45) is 4.62. The van der Waals surface area contributed by atoms with Crippen LogP contribution in [0, 0.1) is 5.92 Å². The number of hydrogen-bond acceptors (Lipinski definition) is 5. The number of oxazole rings is 1. The Morgan fingerprint density at radius 2 is 2.15 bits per heavy atom. The zero-order chi connectivity index (χ0) is 13.9. The molecule has 0 amide bonds. The van der Waals surface area contributed by atoms with Crippen molar-refractivity contribution in [3.63, 3.8) is 0 Å². The van der Waals surface area contributed by atoms with Gasteiger partial charge < -0.3 is 20.2 Å². The molecule has 0 radical (unpaired) electrons. The summed E-state index contributed by atoms with van der Waals surface area (Å²) in [5.41, 5.74) is 7.32. The summed E-state index contributed by atoms with van der Waals surface area (Å²) in [6, 6.07) is 6.70. The Labute approximate surface area is 118 Å². The molecule has 5 heteroatoms. The second-order valence-electron chi connectivity index (χ2n) is 5.45. The Hall–Kier alpha value is -1.75. The van der Waals surface area contributed by atoms with Crippen molar-refractivity contribution >= 4 is 17.1 Å². The largest absolute Gasteiger partial charge is 0.497 e. The molecule has 1 saturated carbocycles. The van der Waals surface area contributed by atoms with Gasteiger partial charge in [-0.25, -0.2) is 0 Å². The number of anilines is 1. The average Bonchev–Trinajstić information content (AvgIpc) is 2.89. The standard InChI is InChI=1S/C15H21N3O2/c1-19-12-6-7-13-14(8-12)20-15(18-13)17-11-4-2-10(9-16)3-5-11/h6-8,10-11H,2-5,9,16H2,1H3,(H,17,18). The molecule has 0 atom stereocenters. The van der Waals surface area contributed by atoms with Gasteiger partial charge in [0, 0.05) is 12.1 Å². The van der Waals surface area contributed by atoms with E-state index in [1.54, 1.807) is 7.11 Å². The molecule has 0 saturated heterocycles. The van der Waals surface area contributed by atoms with Gasteiger partial charge in [0.25, 0.3) is 6.01 Å². The number of ether oxygens (including phenoxy) is 1. The molecule has 1 aromatic heterocycles. The zero-order valence-electron chi connectivity index (χ0n) is 11.8. The topological polar surface area (TPSA) is 73.3 Å². The molecule has 2 aromatic rings. The highest BCUT2D eigenvalue weighted by atomic mass is 16.5. The Morgan fingerprint density at radius 1 is 1.35 bits per heavy atom. The van der Waals surface area contributed by atoms with E-state index in [4.69, 9.17) is 14.9 Å². The maximum Gasteiger partial charge on any atom is 0.295 e. The minimum absolute atomic E-state index is 0.438. The first kappa shape index (κ1) is 13.2. The Kier molecular flexibility index (Phi) is 3.78. The first-order valence-corrected chi connectivity index (χ1v) is 7.19. The smallest absolute Gasteiger partial charge is 0.295 e. The van der Waals surface area contributed by atoms with Crippen molar-refractivity contribution in [3.8, 4) is 5.75 Å². The first-order valence-electron chi connectivity index (χ1n) is 7.19. The second kappa shape index (κ2) is 5.71. The molecule has 20 heavy (non-hydrogen) atoms. The molecule has 5 nitrogen and oxygen atoms in total. The van der Waals surface area contributed by atoms with Crippen LogP contribution in [0.5, 0.6) is 5.75 Å². The van der Waals surface area contributed by atoms with Crippen molar-refractivity contribution in [1.29, 1.82) is 0 Å². The fourth-order valence-electron chi connectivity index (χ4n) is 2.81. The van der Waals surface area contributed by atoms with E-state index in [9.17, 15) is 0 Å². The Balaban J connectivity index is 1.68. The maximum absolute atomic E-state index is 5.74. The molecule has 1 aliphatic rings. The summed E-state index contributed by atoms with van der Waals surface area (Å²) in [7, 11) is 1.65. The van der Waals surface area contributed by atoms with Gasteiger partial charge in [-0.05, 0) is 50.3 Å². The number of aromatic nitrogens is 1. The lowest BCUT2D eigenvalue weighted by Crippen LogP contribution is -2.29. The van der Waals surface area contributed by atoms with Gasteiger partial charge in [0.1, 0.15) is 11.3 Å². The van der Waals surface area contributed by atoms with Gasteiger partial charge in [0.05, 0.1) is 7.11 Å². The molecule has 0 bridgehead atoms. The van der Waals surface area contributed by atoms with E-state index in [0.717, 1.165) is 36.2 Å². The number of nitrogens with two attached hydrogens (primary N) is 1. The molecule has 3 rings (SSSR count). The first-order chi connectivity index (χ1) is 9.78. The Bertz CT molecular complexity index is 574. The van der Waals surface area contributed by atoms with Crippen LogP contribution in [-0.4, -0.2) is 24.7 Å². The van der Waals surface area contributed by atoms with E-state index in [1.165, 1.54) is 12.8 Å². The average molecular weight is 275 g/mol. The molecular formula is C15H21N3O2. The van der Waals surface area contributed by atoms with Gasteiger partial charge in [-0.3, -0.25) is 0 Å². The highest BCUT2D eigenvalue weighted by Gasteiger charge is 2.21. The predicted molar refractivity (Wildman–Crippen MR) is 79.0 cm³/mol. The van der Waals surface area contributed by atoms with Crippen LogP contribution in [0.2, 0.25) is 0 Å². The highest BCUT2D eigenvalue weighted by Crippen LogP contribution is 2.28.